The number of aromatic nitrogens is 2. The minimum atomic E-state index is 0.344. The van der Waals surface area contributed by atoms with E-state index in [1.165, 1.54) is 19.3 Å². The van der Waals surface area contributed by atoms with Gasteiger partial charge < -0.3 is 4.90 Å². The Morgan fingerprint density at radius 2 is 2.00 bits per heavy atom. The number of piperidine rings is 1. The Hall–Kier alpha value is -0.830. The summed E-state index contributed by atoms with van der Waals surface area (Å²) in [5.41, 5.74) is 1.11. The standard InChI is InChI=1S/C10H14ClN3/c1-8-7-12-10(11)13-9(8)14-5-3-2-4-6-14/h7H,2-6H2,1H3. The van der Waals surface area contributed by atoms with Crippen LogP contribution in [0.2, 0.25) is 5.28 Å². The molecule has 3 nitrogen and oxygen atoms in total. The number of hydrogen-bond acceptors (Lipinski definition) is 3. The van der Waals surface area contributed by atoms with Crippen LogP contribution in [-0.2, 0) is 0 Å². The summed E-state index contributed by atoms with van der Waals surface area (Å²) in [7, 11) is 0. The van der Waals surface area contributed by atoms with Crippen molar-refractivity contribution >= 4 is 17.4 Å². The minimum Gasteiger partial charge on any atom is -0.356 e. The fraction of sp³-hybridized carbons (Fsp3) is 0.600. The summed E-state index contributed by atoms with van der Waals surface area (Å²) in [5, 5.41) is 0.344. The third-order valence-corrected chi connectivity index (χ3v) is 2.75. The molecule has 1 fully saturated rings. The lowest BCUT2D eigenvalue weighted by Gasteiger charge is -2.28. The van der Waals surface area contributed by atoms with Crippen molar-refractivity contribution in [1.82, 2.24) is 9.97 Å². The summed E-state index contributed by atoms with van der Waals surface area (Å²) in [5.74, 6) is 1.00. The number of anilines is 1. The Morgan fingerprint density at radius 1 is 1.29 bits per heavy atom. The second-order valence-corrected chi connectivity index (χ2v) is 4.03. The van der Waals surface area contributed by atoms with E-state index in [0.29, 0.717) is 5.28 Å². The summed E-state index contributed by atoms with van der Waals surface area (Å²) >= 11 is 5.79. The molecule has 1 aromatic heterocycles. The molecule has 0 saturated carbocycles. The molecule has 1 saturated heterocycles. The molecule has 0 aliphatic carbocycles. The van der Waals surface area contributed by atoms with Gasteiger partial charge in [-0.1, -0.05) is 0 Å². The quantitative estimate of drug-likeness (QED) is 0.669. The van der Waals surface area contributed by atoms with Crippen LogP contribution in [0.4, 0.5) is 5.82 Å². The van der Waals surface area contributed by atoms with Crippen LogP contribution in [0.3, 0.4) is 0 Å². The lowest BCUT2D eigenvalue weighted by molar-refractivity contribution is 0.572. The van der Waals surface area contributed by atoms with Gasteiger partial charge in [-0.25, -0.2) is 9.97 Å². The van der Waals surface area contributed by atoms with Gasteiger partial charge in [-0.05, 0) is 37.8 Å². The molecule has 0 radical (unpaired) electrons. The predicted octanol–water partition coefficient (Wildman–Crippen LogP) is 2.43. The molecule has 4 heteroatoms. The van der Waals surface area contributed by atoms with Crippen LogP contribution < -0.4 is 4.90 Å². The molecule has 0 bridgehead atoms. The number of hydrogen-bond donors (Lipinski definition) is 0. The Morgan fingerprint density at radius 3 is 2.71 bits per heavy atom. The van der Waals surface area contributed by atoms with Crippen molar-refractivity contribution in [1.29, 1.82) is 0 Å². The van der Waals surface area contributed by atoms with E-state index in [4.69, 9.17) is 11.6 Å². The zero-order chi connectivity index (χ0) is 9.97. The van der Waals surface area contributed by atoms with E-state index >= 15 is 0 Å². The topological polar surface area (TPSA) is 29.0 Å². The SMILES string of the molecule is Cc1cnc(Cl)nc1N1CCCCC1. The fourth-order valence-corrected chi connectivity index (χ4v) is 1.97. The smallest absolute Gasteiger partial charge is 0.224 e. The van der Waals surface area contributed by atoms with Crippen LogP contribution in [0, 0.1) is 6.92 Å². The number of halogens is 1. The highest BCUT2D eigenvalue weighted by atomic mass is 35.5. The molecule has 0 unspecified atom stereocenters. The number of nitrogens with zero attached hydrogens (tertiary/aromatic N) is 3. The van der Waals surface area contributed by atoms with Crippen molar-refractivity contribution in [2.45, 2.75) is 26.2 Å². The molecule has 0 amide bonds. The summed E-state index contributed by atoms with van der Waals surface area (Å²) in [6, 6.07) is 0. The summed E-state index contributed by atoms with van der Waals surface area (Å²) in [6.07, 6.45) is 5.62. The van der Waals surface area contributed by atoms with Gasteiger partial charge in [0.05, 0.1) is 0 Å². The van der Waals surface area contributed by atoms with Crippen molar-refractivity contribution in [3.8, 4) is 0 Å². The average molecular weight is 212 g/mol. The van der Waals surface area contributed by atoms with Crippen molar-refractivity contribution in [2.75, 3.05) is 18.0 Å². The summed E-state index contributed by atoms with van der Waals surface area (Å²) in [6.45, 7) is 4.21. The Balaban J connectivity index is 2.24. The molecule has 1 aliphatic rings. The predicted molar refractivity (Wildman–Crippen MR) is 57.8 cm³/mol. The summed E-state index contributed by atoms with van der Waals surface area (Å²) in [4.78, 5) is 10.5. The first kappa shape index (κ1) is 9.71. The first-order valence-corrected chi connectivity index (χ1v) is 5.39. The summed E-state index contributed by atoms with van der Waals surface area (Å²) < 4.78 is 0. The molecule has 1 aliphatic heterocycles. The highest BCUT2D eigenvalue weighted by Crippen LogP contribution is 2.21. The lowest BCUT2D eigenvalue weighted by atomic mass is 10.1. The average Bonchev–Trinajstić information content (AvgIpc) is 2.23. The zero-order valence-electron chi connectivity index (χ0n) is 8.33. The Bertz CT molecular complexity index is 321. The van der Waals surface area contributed by atoms with E-state index < -0.39 is 0 Å². The van der Waals surface area contributed by atoms with E-state index in [1.807, 2.05) is 6.92 Å². The van der Waals surface area contributed by atoms with Gasteiger partial charge >= 0.3 is 0 Å². The van der Waals surface area contributed by atoms with Gasteiger partial charge in [0.1, 0.15) is 5.82 Å². The van der Waals surface area contributed by atoms with E-state index in [-0.39, 0.29) is 0 Å². The molecule has 0 aromatic carbocycles. The third-order valence-electron chi connectivity index (χ3n) is 2.57. The zero-order valence-corrected chi connectivity index (χ0v) is 9.09. The fourth-order valence-electron chi connectivity index (χ4n) is 1.84. The van der Waals surface area contributed by atoms with Gasteiger partial charge in [0.15, 0.2) is 0 Å². The van der Waals surface area contributed by atoms with Crippen LogP contribution in [0.1, 0.15) is 24.8 Å². The molecule has 0 spiro atoms. The largest absolute Gasteiger partial charge is 0.356 e. The van der Waals surface area contributed by atoms with Crippen LogP contribution in [0.25, 0.3) is 0 Å². The van der Waals surface area contributed by atoms with Gasteiger partial charge in [-0.15, -0.1) is 0 Å². The van der Waals surface area contributed by atoms with Crippen molar-refractivity contribution < 1.29 is 0 Å². The molecule has 1 aromatic rings. The Kier molecular flexibility index (Phi) is 2.87. The molecule has 0 atom stereocenters. The van der Waals surface area contributed by atoms with Crippen LogP contribution in [-0.4, -0.2) is 23.1 Å². The molecule has 0 N–H and O–H groups in total. The van der Waals surface area contributed by atoms with Crippen LogP contribution in [0.15, 0.2) is 6.20 Å². The van der Waals surface area contributed by atoms with Gasteiger partial charge in [0.25, 0.3) is 0 Å². The van der Waals surface area contributed by atoms with Crippen molar-refractivity contribution in [2.24, 2.45) is 0 Å². The van der Waals surface area contributed by atoms with E-state index in [1.54, 1.807) is 6.20 Å². The second kappa shape index (κ2) is 4.13. The van der Waals surface area contributed by atoms with E-state index in [0.717, 1.165) is 24.5 Å². The highest BCUT2D eigenvalue weighted by Gasteiger charge is 2.14. The second-order valence-electron chi connectivity index (χ2n) is 3.69. The van der Waals surface area contributed by atoms with Crippen molar-refractivity contribution in [3.63, 3.8) is 0 Å². The van der Waals surface area contributed by atoms with Crippen molar-refractivity contribution in [3.05, 3.63) is 17.0 Å². The molecule has 2 rings (SSSR count). The van der Waals surface area contributed by atoms with Gasteiger partial charge in [0.2, 0.25) is 5.28 Å². The first-order chi connectivity index (χ1) is 6.77. The van der Waals surface area contributed by atoms with Gasteiger partial charge in [-0.3, -0.25) is 0 Å². The number of rotatable bonds is 1. The monoisotopic (exact) mass is 211 g/mol. The number of aryl methyl sites for hydroxylation is 1. The van der Waals surface area contributed by atoms with Gasteiger partial charge in [-0.2, -0.15) is 0 Å². The molecule has 2 heterocycles. The molecular formula is C10H14ClN3. The molecule has 76 valence electrons. The van der Waals surface area contributed by atoms with Crippen LogP contribution >= 0.6 is 11.6 Å². The van der Waals surface area contributed by atoms with Gasteiger partial charge in [0, 0.05) is 24.8 Å². The Labute approximate surface area is 89.1 Å². The maximum atomic E-state index is 5.79. The maximum absolute atomic E-state index is 5.79. The third kappa shape index (κ3) is 1.98. The van der Waals surface area contributed by atoms with E-state index in [9.17, 15) is 0 Å². The minimum absolute atomic E-state index is 0.344. The first-order valence-electron chi connectivity index (χ1n) is 5.01. The lowest BCUT2D eigenvalue weighted by Crippen LogP contribution is -2.30. The highest BCUT2D eigenvalue weighted by molar-refractivity contribution is 6.28. The normalized spacial score (nSPS) is 17.1. The van der Waals surface area contributed by atoms with E-state index in [2.05, 4.69) is 14.9 Å². The van der Waals surface area contributed by atoms with Crippen LogP contribution in [0.5, 0.6) is 0 Å². The maximum Gasteiger partial charge on any atom is 0.224 e. The molecular weight excluding hydrogens is 198 g/mol. The molecule has 14 heavy (non-hydrogen) atoms.